The highest BCUT2D eigenvalue weighted by molar-refractivity contribution is 7.86. The highest BCUT2D eigenvalue weighted by Crippen LogP contribution is 2.68. The van der Waals surface area contributed by atoms with E-state index in [1.54, 1.807) is 12.1 Å². The van der Waals surface area contributed by atoms with Crippen molar-refractivity contribution in [1.29, 1.82) is 0 Å². The van der Waals surface area contributed by atoms with Gasteiger partial charge in [-0.3, -0.25) is 8.98 Å². The van der Waals surface area contributed by atoms with Crippen LogP contribution in [-0.2, 0) is 28.6 Å². The lowest BCUT2D eigenvalue weighted by atomic mass is 9.43. The number of ether oxygens (including phenoxy) is 1. The van der Waals surface area contributed by atoms with E-state index in [9.17, 15) is 23.1 Å². The molecule has 8 atom stereocenters. The first-order valence-electron chi connectivity index (χ1n) is 13.6. The lowest BCUT2D eigenvalue weighted by molar-refractivity contribution is -0.212. The molecule has 0 aromatic heterocycles. The third kappa shape index (κ3) is 4.57. The van der Waals surface area contributed by atoms with Crippen molar-refractivity contribution in [2.75, 3.05) is 6.61 Å². The zero-order chi connectivity index (χ0) is 27.4. The van der Waals surface area contributed by atoms with Crippen LogP contribution >= 0.6 is 0 Å². The molecule has 3 saturated carbocycles. The van der Waals surface area contributed by atoms with Crippen molar-refractivity contribution in [2.45, 2.75) is 97.2 Å². The summed E-state index contributed by atoms with van der Waals surface area (Å²) in [6, 6.07) is 6.21. The van der Waals surface area contributed by atoms with Crippen molar-refractivity contribution in [3.63, 3.8) is 0 Å². The minimum Gasteiger partial charge on any atom is -0.460 e. The van der Waals surface area contributed by atoms with Gasteiger partial charge in [0.2, 0.25) is 0 Å². The summed E-state index contributed by atoms with van der Waals surface area (Å²) in [5.41, 5.74) is -0.570. The van der Waals surface area contributed by atoms with Gasteiger partial charge in [-0.1, -0.05) is 52.3 Å². The lowest BCUT2D eigenvalue weighted by Crippen LogP contribution is -2.63. The van der Waals surface area contributed by atoms with Crippen LogP contribution in [0.25, 0.3) is 0 Å². The van der Waals surface area contributed by atoms with Crippen molar-refractivity contribution < 1.29 is 32.0 Å². The van der Waals surface area contributed by atoms with E-state index in [2.05, 4.69) is 20.8 Å². The molecular formula is C29H42O7S. The Morgan fingerprint density at radius 3 is 2.41 bits per heavy atom. The average Bonchev–Trinajstić information content (AvgIpc) is 3.21. The lowest BCUT2D eigenvalue weighted by Gasteiger charge is -2.62. The topological polar surface area (TPSA) is 107 Å². The summed E-state index contributed by atoms with van der Waals surface area (Å²) in [5, 5.41) is 11.6. The van der Waals surface area contributed by atoms with Crippen LogP contribution in [0.4, 0.5) is 0 Å². The molecular weight excluding hydrogens is 492 g/mol. The van der Waals surface area contributed by atoms with E-state index in [1.165, 1.54) is 12.1 Å². The van der Waals surface area contributed by atoms with Crippen molar-refractivity contribution in [3.05, 3.63) is 29.8 Å². The minimum atomic E-state index is -4.13. The van der Waals surface area contributed by atoms with Gasteiger partial charge in [-0.25, -0.2) is 4.79 Å². The monoisotopic (exact) mass is 534 g/mol. The molecule has 2 bridgehead atoms. The number of ketones is 1. The number of aliphatic hydroxyl groups is 1. The molecule has 4 rings (SSSR count). The highest BCUT2D eigenvalue weighted by atomic mass is 32.2. The predicted molar refractivity (Wildman–Crippen MR) is 139 cm³/mol. The number of rotatable bonds is 6. The third-order valence-corrected chi connectivity index (χ3v) is 11.9. The molecule has 0 radical (unpaired) electrons. The number of benzene rings is 1. The first-order valence-corrected chi connectivity index (χ1v) is 15.0. The molecule has 206 valence electrons. The number of aryl methyl sites for hydroxylation is 1. The van der Waals surface area contributed by atoms with Crippen molar-refractivity contribution >= 4 is 21.9 Å². The van der Waals surface area contributed by atoms with Crippen LogP contribution in [0.3, 0.4) is 0 Å². The maximum atomic E-state index is 13.5. The summed E-state index contributed by atoms with van der Waals surface area (Å²) in [4.78, 5) is 26.5. The van der Waals surface area contributed by atoms with E-state index in [-0.39, 0.29) is 33.8 Å². The standard InChI is InChI=1S/C29H42O7S/c1-7-27(5)16-23(36-24(31)17-35-37(33,34)21-10-8-18(2)9-11-21)28(6)19(3)12-14-29(20(4)26(27)32)15-13-22(30)25(28)29/h8-11,19-20,23,25-26,32H,7,12-17H2,1-6H3/t19-,20-,23-,25+,26+,27-,28?,29?/m1/s1. The molecule has 1 N–H and O–H groups in total. The summed E-state index contributed by atoms with van der Waals surface area (Å²) in [6.07, 6.45) is 2.75. The molecule has 0 saturated heterocycles. The molecule has 0 aliphatic heterocycles. The van der Waals surface area contributed by atoms with Crippen molar-refractivity contribution in [3.8, 4) is 0 Å². The number of hydrogen-bond acceptors (Lipinski definition) is 7. The van der Waals surface area contributed by atoms with Gasteiger partial charge in [-0.15, -0.1) is 0 Å². The van der Waals surface area contributed by atoms with Crippen LogP contribution in [0.5, 0.6) is 0 Å². The molecule has 2 unspecified atom stereocenters. The Morgan fingerprint density at radius 2 is 1.78 bits per heavy atom. The Bertz CT molecular complexity index is 1150. The zero-order valence-electron chi connectivity index (χ0n) is 23.0. The number of esters is 1. The molecule has 3 aliphatic carbocycles. The predicted octanol–water partition coefficient (Wildman–Crippen LogP) is 4.83. The Balaban J connectivity index is 1.65. The van der Waals surface area contributed by atoms with Gasteiger partial charge in [0, 0.05) is 17.8 Å². The van der Waals surface area contributed by atoms with Gasteiger partial charge in [0.05, 0.1) is 11.0 Å². The second-order valence-corrected chi connectivity index (χ2v) is 14.0. The molecule has 3 fully saturated rings. The first-order chi connectivity index (χ1) is 17.2. The first kappa shape index (κ1) is 28.2. The van der Waals surface area contributed by atoms with Crippen molar-refractivity contribution in [2.24, 2.45) is 34.0 Å². The van der Waals surface area contributed by atoms with Gasteiger partial charge < -0.3 is 9.84 Å². The molecule has 7 nitrogen and oxygen atoms in total. The Kier molecular flexibility index (Phi) is 7.45. The molecule has 1 aromatic carbocycles. The van der Waals surface area contributed by atoms with Gasteiger partial charge in [0.25, 0.3) is 10.1 Å². The molecule has 0 spiro atoms. The Morgan fingerprint density at radius 1 is 1.14 bits per heavy atom. The van der Waals surface area contributed by atoms with Crippen LogP contribution in [0.15, 0.2) is 29.2 Å². The molecule has 1 aromatic rings. The Hall–Kier alpha value is -1.77. The maximum absolute atomic E-state index is 13.5. The van der Waals surface area contributed by atoms with E-state index in [0.717, 1.165) is 24.8 Å². The summed E-state index contributed by atoms with van der Waals surface area (Å²) in [7, 11) is -4.13. The summed E-state index contributed by atoms with van der Waals surface area (Å²) in [5.74, 6) is -0.846. The Labute approximate surface area is 221 Å². The number of carbonyl (C=O) groups excluding carboxylic acids is 2. The van der Waals surface area contributed by atoms with Gasteiger partial charge in [0.15, 0.2) is 6.61 Å². The average molecular weight is 535 g/mol. The maximum Gasteiger partial charge on any atom is 0.333 e. The van der Waals surface area contributed by atoms with E-state index in [4.69, 9.17) is 8.92 Å². The molecule has 0 heterocycles. The molecule has 3 aliphatic rings. The second-order valence-electron chi connectivity index (χ2n) is 12.4. The zero-order valence-corrected chi connectivity index (χ0v) is 23.8. The van der Waals surface area contributed by atoms with Gasteiger partial charge in [-0.2, -0.15) is 8.42 Å². The molecule has 0 amide bonds. The van der Waals surface area contributed by atoms with Gasteiger partial charge in [0.1, 0.15) is 11.9 Å². The quantitative estimate of drug-likeness (QED) is 0.411. The summed E-state index contributed by atoms with van der Waals surface area (Å²) < 4.78 is 36.4. The minimum absolute atomic E-state index is 0.0262. The summed E-state index contributed by atoms with van der Waals surface area (Å²) in [6.45, 7) is 11.5. The normalized spacial score (nSPS) is 40.0. The number of Topliss-reactive ketones (excluding diaryl/α,β-unsaturated/α-hetero) is 1. The molecule has 8 heteroatoms. The smallest absolute Gasteiger partial charge is 0.333 e. The number of carbonyl (C=O) groups is 2. The van der Waals surface area contributed by atoms with Crippen LogP contribution in [0.1, 0.15) is 78.7 Å². The van der Waals surface area contributed by atoms with E-state index in [1.807, 2.05) is 20.8 Å². The van der Waals surface area contributed by atoms with Crippen LogP contribution in [0.2, 0.25) is 0 Å². The molecule has 37 heavy (non-hydrogen) atoms. The second kappa shape index (κ2) is 9.76. The fraction of sp³-hybridized carbons (Fsp3) is 0.724. The van der Waals surface area contributed by atoms with Gasteiger partial charge >= 0.3 is 5.97 Å². The SMILES string of the molecule is CC[C@]1(C)C[C@@H](OC(=O)COS(=O)(=O)c2ccc(C)cc2)C2(C)[C@H](C)CCC3(CCC(=O)[C@H]32)[C@H](C)[C@@H]1O. The largest absolute Gasteiger partial charge is 0.460 e. The van der Waals surface area contributed by atoms with E-state index in [0.29, 0.717) is 19.3 Å². The fourth-order valence-electron chi connectivity index (χ4n) is 7.80. The van der Waals surface area contributed by atoms with Crippen LogP contribution in [0, 0.1) is 40.9 Å². The fourth-order valence-corrected chi connectivity index (χ4v) is 8.66. The van der Waals surface area contributed by atoms with Crippen LogP contribution in [-0.4, -0.2) is 44.1 Å². The van der Waals surface area contributed by atoms with E-state index >= 15 is 0 Å². The van der Waals surface area contributed by atoms with E-state index < -0.39 is 45.7 Å². The highest BCUT2D eigenvalue weighted by Gasteiger charge is 2.68. The van der Waals surface area contributed by atoms with Gasteiger partial charge in [-0.05, 0) is 73.8 Å². The van der Waals surface area contributed by atoms with Crippen molar-refractivity contribution in [1.82, 2.24) is 0 Å². The summed E-state index contributed by atoms with van der Waals surface area (Å²) >= 11 is 0. The third-order valence-electron chi connectivity index (χ3n) is 10.6. The number of aliphatic hydroxyl groups excluding tert-OH is 1. The number of hydrogen-bond donors (Lipinski definition) is 1. The van der Waals surface area contributed by atoms with Crippen LogP contribution < -0.4 is 0 Å².